The summed E-state index contributed by atoms with van der Waals surface area (Å²) in [7, 11) is 0. The molecule has 2 nitrogen and oxygen atoms in total. The van der Waals surface area contributed by atoms with Gasteiger partial charge >= 0.3 is 0 Å². The molecule has 2 atom stereocenters. The maximum atomic E-state index is 3.29. The topological polar surface area (TPSA) is 19.7 Å². The summed E-state index contributed by atoms with van der Waals surface area (Å²) in [6.45, 7) is 4.64. The minimum absolute atomic E-state index is 0.605. The SMILES string of the molecule is CCCCCCCCCCCCCCCCC(C(CCC)Cc1ccccc1)[n+]1cc[nH]c1. The summed E-state index contributed by atoms with van der Waals surface area (Å²) in [5.74, 6) is 0.708. The third kappa shape index (κ3) is 12.5. The van der Waals surface area contributed by atoms with Gasteiger partial charge in [-0.05, 0) is 31.2 Å². The Morgan fingerprint density at radius 2 is 1.24 bits per heavy atom. The standard InChI is InChI=1S/C31H52N2/c1-3-5-6-7-8-9-10-11-12-13-14-15-16-20-24-31(33-26-25-32-28-33)30(21-4-2)27-29-22-18-17-19-23-29/h17-19,22-23,25-26,28,30-31H,3-16,20-21,24,27H2,1-2H3/p+1. The van der Waals surface area contributed by atoms with Crippen LogP contribution in [0, 0.1) is 5.92 Å². The molecule has 0 aliphatic rings. The summed E-state index contributed by atoms with van der Waals surface area (Å²) in [4.78, 5) is 3.29. The molecule has 2 unspecified atom stereocenters. The Morgan fingerprint density at radius 1 is 0.667 bits per heavy atom. The average molecular weight is 454 g/mol. The number of imidazole rings is 1. The Balaban J connectivity index is 1.62. The highest BCUT2D eigenvalue weighted by Crippen LogP contribution is 2.28. The number of hydrogen-bond acceptors (Lipinski definition) is 0. The molecule has 0 spiro atoms. The molecular weight excluding hydrogens is 400 g/mol. The van der Waals surface area contributed by atoms with E-state index in [1.54, 1.807) is 0 Å². The summed E-state index contributed by atoms with van der Waals surface area (Å²) in [6, 6.07) is 11.7. The van der Waals surface area contributed by atoms with Gasteiger partial charge in [-0.2, -0.15) is 0 Å². The lowest BCUT2D eigenvalue weighted by Gasteiger charge is -2.25. The lowest BCUT2D eigenvalue weighted by atomic mass is 9.85. The molecule has 0 radical (unpaired) electrons. The van der Waals surface area contributed by atoms with Crippen LogP contribution in [0.3, 0.4) is 0 Å². The van der Waals surface area contributed by atoms with Gasteiger partial charge in [-0.1, -0.05) is 134 Å². The van der Waals surface area contributed by atoms with E-state index in [2.05, 4.69) is 72.5 Å². The van der Waals surface area contributed by atoms with Crippen LogP contribution in [0.25, 0.3) is 0 Å². The molecule has 0 amide bonds. The Kier molecular flexibility index (Phi) is 15.8. The van der Waals surface area contributed by atoms with Crippen molar-refractivity contribution in [2.24, 2.45) is 5.92 Å². The van der Waals surface area contributed by atoms with Crippen molar-refractivity contribution in [1.29, 1.82) is 0 Å². The highest BCUT2D eigenvalue weighted by atomic mass is 15.1. The molecule has 0 aliphatic carbocycles. The van der Waals surface area contributed by atoms with Crippen molar-refractivity contribution in [3.05, 3.63) is 54.6 Å². The zero-order chi connectivity index (χ0) is 23.4. The predicted molar refractivity (Wildman–Crippen MR) is 143 cm³/mol. The first-order chi connectivity index (χ1) is 16.3. The van der Waals surface area contributed by atoms with Crippen LogP contribution in [0.5, 0.6) is 0 Å². The van der Waals surface area contributed by atoms with E-state index >= 15 is 0 Å². The van der Waals surface area contributed by atoms with Gasteiger partial charge in [0.1, 0.15) is 18.4 Å². The number of rotatable bonds is 21. The molecule has 0 aliphatic heterocycles. The van der Waals surface area contributed by atoms with E-state index in [1.807, 2.05) is 0 Å². The van der Waals surface area contributed by atoms with Crippen LogP contribution in [0.1, 0.15) is 135 Å². The van der Waals surface area contributed by atoms with Crippen molar-refractivity contribution >= 4 is 0 Å². The number of unbranched alkanes of at least 4 members (excludes halogenated alkanes) is 13. The fraction of sp³-hybridized carbons (Fsp3) is 0.710. The second-order valence-corrected chi connectivity index (χ2v) is 10.2. The number of aromatic amines is 1. The van der Waals surface area contributed by atoms with Gasteiger partial charge < -0.3 is 0 Å². The van der Waals surface area contributed by atoms with E-state index < -0.39 is 0 Å². The van der Waals surface area contributed by atoms with Crippen LogP contribution in [0.4, 0.5) is 0 Å². The first-order valence-electron chi connectivity index (χ1n) is 14.4. The summed E-state index contributed by atoms with van der Waals surface area (Å²) < 4.78 is 2.45. The van der Waals surface area contributed by atoms with Gasteiger partial charge in [0.05, 0.1) is 0 Å². The molecule has 1 N–H and O–H groups in total. The fourth-order valence-corrected chi connectivity index (χ4v) is 5.40. The lowest BCUT2D eigenvalue weighted by Crippen LogP contribution is -2.42. The molecule has 1 heterocycles. The van der Waals surface area contributed by atoms with Crippen LogP contribution in [-0.2, 0) is 6.42 Å². The number of benzene rings is 1. The molecule has 186 valence electrons. The Labute approximate surface area is 205 Å². The van der Waals surface area contributed by atoms with Crippen LogP contribution in [0.2, 0.25) is 0 Å². The highest BCUT2D eigenvalue weighted by molar-refractivity contribution is 5.15. The Bertz CT molecular complexity index is 649. The molecule has 0 saturated heterocycles. The molecule has 33 heavy (non-hydrogen) atoms. The fourth-order valence-electron chi connectivity index (χ4n) is 5.40. The smallest absolute Gasteiger partial charge is 0.241 e. The van der Waals surface area contributed by atoms with Crippen LogP contribution in [-0.4, -0.2) is 4.98 Å². The van der Waals surface area contributed by atoms with Crippen molar-refractivity contribution in [3.63, 3.8) is 0 Å². The zero-order valence-corrected chi connectivity index (χ0v) is 21.9. The van der Waals surface area contributed by atoms with E-state index in [1.165, 1.54) is 121 Å². The van der Waals surface area contributed by atoms with Gasteiger partial charge in [0.25, 0.3) is 0 Å². The van der Waals surface area contributed by atoms with E-state index in [0.717, 1.165) is 0 Å². The second kappa shape index (κ2) is 18.8. The maximum Gasteiger partial charge on any atom is 0.241 e. The van der Waals surface area contributed by atoms with Crippen molar-refractivity contribution in [2.45, 2.75) is 135 Å². The van der Waals surface area contributed by atoms with Gasteiger partial charge in [0.2, 0.25) is 6.33 Å². The maximum absolute atomic E-state index is 3.29. The zero-order valence-electron chi connectivity index (χ0n) is 21.9. The minimum atomic E-state index is 0.605. The molecule has 0 bridgehead atoms. The Morgan fingerprint density at radius 3 is 1.76 bits per heavy atom. The minimum Gasteiger partial charge on any atom is -0.250 e. The number of nitrogens with zero attached hydrogens (tertiary/aromatic N) is 1. The first-order valence-corrected chi connectivity index (χ1v) is 14.4. The molecule has 2 rings (SSSR count). The number of hydrogen-bond donors (Lipinski definition) is 1. The van der Waals surface area contributed by atoms with Crippen LogP contribution >= 0.6 is 0 Å². The summed E-state index contributed by atoms with van der Waals surface area (Å²) in [5.41, 5.74) is 1.48. The Hall–Kier alpha value is -1.57. The van der Waals surface area contributed by atoms with E-state index in [0.29, 0.717) is 12.0 Å². The van der Waals surface area contributed by atoms with Gasteiger partial charge in [-0.25, -0.2) is 4.57 Å². The molecular formula is C31H53N2+. The second-order valence-electron chi connectivity index (χ2n) is 10.2. The van der Waals surface area contributed by atoms with Crippen molar-refractivity contribution < 1.29 is 4.57 Å². The van der Waals surface area contributed by atoms with E-state index in [-0.39, 0.29) is 0 Å². The number of H-pyrrole nitrogens is 1. The quantitative estimate of drug-likeness (QED) is 0.143. The molecule has 2 heteroatoms. The van der Waals surface area contributed by atoms with Crippen molar-refractivity contribution in [2.75, 3.05) is 0 Å². The van der Waals surface area contributed by atoms with Crippen LogP contribution < -0.4 is 4.57 Å². The van der Waals surface area contributed by atoms with Crippen molar-refractivity contribution in [3.8, 4) is 0 Å². The molecule has 0 saturated carbocycles. The molecule has 2 aromatic rings. The van der Waals surface area contributed by atoms with Crippen LogP contribution in [0.15, 0.2) is 49.1 Å². The lowest BCUT2D eigenvalue weighted by molar-refractivity contribution is -0.730. The summed E-state index contributed by atoms with van der Waals surface area (Å²) in [5, 5.41) is 0. The number of nitrogens with one attached hydrogen (secondary N) is 1. The van der Waals surface area contributed by atoms with Gasteiger partial charge in [-0.15, -0.1) is 0 Å². The van der Waals surface area contributed by atoms with Gasteiger partial charge in [0, 0.05) is 5.92 Å². The van der Waals surface area contributed by atoms with Gasteiger partial charge in [0.15, 0.2) is 0 Å². The normalized spacial score (nSPS) is 13.3. The molecule has 0 fully saturated rings. The highest BCUT2D eigenvalue weighted by Gasteiger charge is 2.26. The summed E-state index contributed by atoms with van der Waals surface area (Å²) in [6.07, 6.45) is 31.6. The third-order valence-corrected chi connectivity index (χ3v) is 7.35. The third-order valence-electron chi connectivity index (χ3n) is 7.35. The van der Waals surface area contributed by atoms with Gasteiger partial charge in [-0.3, -0.25) is 4.98 Å². The average Bonchev–Trinajstić information content (AvgIpc) is 3.37. The molecule has 1 aromatic heterocycles. The summed E-state index contributed by atoms with van der Waals surface area (Å²) >= 11 is 0. The van der Waals surface area contributed by atoms with E-state index in [4.69, 9.17) is 0 Å². The molecule has 1 aromatic carbocycles. The predicted octanol–water partition coefficient (Wildman–Crippen LogP) is 9.37. The van der Waals surface area contributed by atoms with E-state index in [9.17, 15) is 0 Å². The van der Waals surface area contributed by atoms with Crippen molar-refractivity contribution in [1.82, 2.24) is 4.98 Å². The largest absolute Gasteiger partial charge is 0.250 e. The monoisotopic (exact) mass is 453 g/mol. The number of aromatic nitrogens is 2. The first kappa shape index (κ1) is 27.7.